The molecular weight excluding hydrogens is 381 g/mol. The van der Waals surface area contributed by atoms with Crippen molar-refractivity contribution >= 4 is 5.97 Å². The summed E-state index contributed by atoms with van der Waals surface area (Å²) in [6.45, 7) is 9.60. The van der Waals surface area contributed by atoms with E-state index in [1.54, 1.807) is 6.92 Å². The van der Waals surface area contributed by atoms with Gasteiger partial charge in [0.05, 0.1) is 18.7 Å². The average molecular weight is 410 g/mol. The zero-order valence-corrected chi connectivity index (χ0v) is 17.4. The Bertz CT molecular complexity index is 782. The van der Waals surface area contributed by atoms with Crippen molar-refractivity contribution in [3.63, 3.8) is 0 Å². The molecular formula is C22H29F3N2O2. The summed E-state index contributed by atoms with van der Waals surface area (Å²) in [7, 11) is 0. The number of carbonyl (C=O) groups is 1. The van der Waals surface area contributed by atoms with Crippen LogP contribution >= 0.6 is 0 Å². The molecule has 0 aliphatic carbocycles. The Balaban J connectivity index is 2.15. The maximum absolute atomic E-state index is 12.8. The molecule has 2 rings (SSSR count). The van der Waals surface area contributed by atoms with Crippen molar-refractivity contribution in [3.8, 4) is 0 Å². The number of rotatable bonds is 9. The van der Waals surface area contributed by atoms with Gasteiger partial charge in [0.15, 0.2) is 0 Å². The lowest BCUT2D eigenvalue weighted by Crippen LogP contribution is -2.40. The minimum atomic E-state index is -4.34. The van der Waals surface area contributed by atoms with Gasteiger partial charge in [-0.05, 0) is 49.6 Å². The number of benzene rings is 1. The summed E-state index contributed by atoms with van der Waals surface area (Å²) in [6.07, 6.45) is -2.44. The van der Waals surface area contributed by atoms with Gasteiger partial charge in [0.25, 0.3) is 0 Å². The first kappa shape index (κ1) is 23.0. The van der Waals surface area contributed by atoms with Crippen molar-refractivity contribution in [2.45, 2.75) is 53.0 Å². The number of hydrogen-bond donors (Lipinski definition) is 0. The fourth-order valence-corrected chi connectivity index (χ4v) is 3.09. The Morgan fingerprint density at radius 3 is 2.34 bits per heavy atom. The summed E-state index contributed by atoms with van der Waals surface area (Å²) >= 11 is 0. The third-order valence-corrected chi connectivity index (χ3v) is 5.10. The number of halogens is 3. The van der Waals surface area contributed by atoms with Crippen LogP contribution < -0.4 is 0 Å². The number of aromatic nitrogens is 1. The van der Waals surface area contributed by atoms with Crippen LogP contribution in [0, 0.1) is 5.92 Å². The van der Waals surface area contributed by atoms with Crippen molar-refractivity contribution in [2.75, 3.05) is 13.2 Å². The van der Waals surface area contributed by atoms with Gasteiger partial charge < -0.3 is 9.30 Å². The molecule has 29 heavy (non-hydrogen) atoms. The van der Waals surface area contributed by atoms with E-state index in [0.29, 0.717) is 25.6 Å². The number of alkyl halides is 3. The van der Waals surface area contributed by atoms with Gasteiger partial charge in [0, 0.05) is 31.0 Å². The lowest BCUT2D eigenvalue weighted by Gasteiger charge is -2.31. The average Bonchev–Trinajstić information content (AvgIpc) is 3.07. The normalized spacial score (nSPS) is 13.1. The Labute approximate surface area is 170 Å². The van der Waals surface area contributed by atoms with Gasteiger partial charge in [0.2, 0.25) is 0 Å². The summed E-state index contributed by atoms with van der Waals surface area (Å²) in [4.78, 5) is 14.1. The highest BCUT2D eigenvalue weighted by atomic mass is 19.4. The zero-order chi connectivity index (χ0) is 21.6. The maximum atomic E-state index is 12.8. The van der Waals surface area contributed by atoms with Gasteiger partial charge >= 0.3 is 12.1 Å². The molecule has 0 aliphatic rings. The summed E-state index contributed by atoms with van der Waals surface area (Å²) in [6, 6.07) is 9.24. The van der Waals surface area contributed by atoms with Crippen LogP contribution in [0.15, 0.2) is 42.6 Å². The van der Waals surface area contributed by atoms with E-state index in [9.17, 15) is 18.0 Å². The maximum Gasteiger partial charge on any atom is 0.416 e. The van der Waals surface area contributed by atoms with Crippen LogP contribution in [0.25, 0.3) is 0 Å². The molecule has 1 aromatic carbocycles. The number of carbonyl (C=O) groups excluding carboxylic acids is 1. The molecule has 2 aromatic rings. The number of esters is 1. The summed E-state index contributed by atoms with van der Waals surface area (Å²) in [5.41, 5.74) is 1.12. The number of nitrogens with zero attached hydrogens (tertiary/aromatic N) is 2. The Kier molecular flexibility index (Phi) is 7.90. The van der Waals surface area contributed by atoms with E-state index in [1.165, 1.54) is 12.1 Å². The van der Waals surface area contributed by atoms with Crippen LogP contribution in [0.3, 0.4) is 0 Å². The molecule has 7 heteroatoms. The van der Waals surface area contributed by atoms with E-state index >= 15 is 0 Å². The van der Waals surface area contributed by atoms with Gasteiger partial charge in [-0.1, -0.05) is 26.0 Å². The molecule has 0 N–H and O–H groups in total. The van der Waals surface area contributed by atoms with Crippen LogP contribution in [0.5, 0.6) is 0 Å². The fourth-order valence-electron chi connectivity index (χ4n) is 3.09. The first-order chi connectivity index (χ1) is 13.6. The summed E-state index contributed by atoms with van der Waals surface area (Å²) in [5.74, 6) is 0.0867. The van der Waals surface area contributed by atoms with Crippen LogP contribution in [0.2, 0.25) is 0 Å². The van der Waals surface area contributed by atoms with E-state index in [1.807, 2.05) is 22.9 Å². The largest absolute Gasteiger partial charge is 0.465 e. The minimum absolute atomic E-state index is 0.161. The smallest absolute Gasteiger partial charge is 0.416 e. The molecule has 4 nitrogen and oxygen atoms in total. The zero-order valence-electron chi connectivity index (χ0n) is 17.4. The molecule has 0 saturated heterocycles. The van der Waals surface area contributed by atoms with Crippen LogP contribution in [0.1, 0.15) is 44.5 Å². The first-order valence-electron chi connectivity index (χ1n) is 9.81. The van der Waals surface area contributed by atoms with E-state index in [4.69, 9.17) is 4.74 Å². The van der Waals surface area contributed by atoms with E-state index in [-0.39, 0.29) is 18.6 Å². The summed E-state index contributed by atoms with van der Waals surface area (Å²) < 4.78 is 45.4. The highest BCUT2D eigenvalue weighted by Crippen LogP contribution is 2.29. The second-order valence-electron chi connectivity index (χ2n) is 7.52. The second kappa shape index (κ2) is 9.96. The third-order valence-electron chi connectivity index (χ3n) is 5.10. The first-order valence-corrected chi connectivity index (χ1v) is 9.81. The molecule has 0 bridgehead atoms. The molecule has 0 saturated carbocycles. The molecule has 0 unspecified atom stereocenters. The molecule has 0 spiro atoms. The molecule has 160 valence electrons. The van der Waals surface area contributed by atoms with Crippen molar-refractivity contribution in [1.29, 1.82) is 0 Å². The van der Waals surface area contributed by atoms with E-state index < -0.39 is 11.7 Å². The molecule has 1 atom stereocenters. The van der Waals surface area contributed by atoms with Gasteiger partial charge in [0.1, 0.15) is 0 Å². The molecule has 0 radical (unpaired) electrons. The van der Waals surface area contributed by atoms with E-state index in [0.717, 1.165) is 23.4 Å². The van der Waals surface area contributed by atoms with Crippen molar-refractivity contribution < 1.29 is 22.7 Å². The second-order valence-corrected chi connectivity index (χ2v) is 7.52. The number of hydrogen-bond acceptors (Lipinski definition) is 3. The predicted octanol–water partition coefficient (Wildman–Crippen LogP) is 4.96. The third kappa shape index (κ3) is 6.63. The van der Waals surface area contributed by atoms with Gasteiger partial charge in [-0.3, -0.25) is 9.69 Å². The van der Waals surface area contributed by atoms with Crippen LogP contribution in [0.4, 0.5) is 13.2 Å². The Hall–Kier alpha value is -2.28. The fraction of sp³-hybridized carbons (Fsp3) is 0.500. The molecule has 1 aromatic heterocycles. The summed E-state index contributed by atoms with van der Waals surface area (Å²) in [5, 5.41) is 0. The SMILES string of the molecule is CCOC(=O)CN(Cc1cccn1Cc1ccc(C(F)(F)F)cc1)[C@@H](C)C(C)C. The van der Waals surface area contributed by atoms with Gasteiger partial charge in [-0.2, -0.15) is 13.2 Å². The predicted molar refractivity (Wildman–Crippen MR) is 106 cm³/mol. The van der Waals surface area contributed by atoms with Gasteiger partial charge in [-0.25, -0.2) is 0 Å². The van der Waals surface area contributed by atoms with Crippen molar-refractivity contribution in [3.05, 3.63) is 59.4 Å². The van der Waals surface area contributed by atoms with Crippen molar-refractivity contribution in [1.82, 2.24) is 9.47 Å². The molecule has 0 amide bonds. The highest BCUT2D eigenvalue weighted by molar-refractivity contribution is 5.71. The lowest BCUT2D eigenvalue weighted by atomic mass is 10.0. The quantitative estimate of drug-likeness (QED) is 0.548. The lowest BCUT2D eigenvalue weighted by molar-refractivity contribution is -0.145. The monoisotopic (exact) mass is 410 g/mol. The standard InChI is InChI=1S/C22H29F3N2O2/c1-5-29-21(28)15-27(17(4)16(2)3)14-20-7-6-12-26(20)13-18-8-10-19(11-9-18)22(23,24)25/h6-12,16-17H,5,13-15H2,1-4H3/t17-/m0/s1. The Morgan fingerprint density at radius 2 is 1.79 bits per heavy atom. The number of ether oxygens (including phenoxy) is 1. The highest BCUT2D eigenvalue weighted by Gasteiger charge is 2.30. The van der Waals surface area contributed by atoms with Gasteiger partial charge in [-0.15, -0.1) is 0 Å². The van der Waals surface area contributed by atoms with Crippen LogP contribution in [-0.4, -0.2) is 34.6 Å². The molecule has 0 fully saturated rings. The molecule has 0 aliphatic heterocycles. The minimum Gasteiger partial charge on any atom is -0.465 e. The van der Waals surface area contributed by atoms with Crippen LogP contribution in [-0.2, 0) is 28.8 Å². The topological polar surface area (TPSA) is 34.5 Å². The molecule has 1 heterocycles. The van der Waals surface area contributed by atoms with E-state index in [2.05, 4.69) is 25.7 Å². The van der Waals surface area contributed by atoms with Crippen molar-refractivity contribution in [2.24, 2.45) is 5.92 Å². The Morgan fingerprint density at radius 1 is 1.14 bits per heavy atom.